The van der Waals surface area contributed by atoms with Crippen molar-refractivity contribution in [1.29, 1.82) is 0 Å². The fourth-order valence-corrected chi connectivity index (χ4v) is 1.32. The standard InChI is InChI=1S/C12H15ClO2/c1-3-9(2)10-4-6-11(7-5-10)15-8-12(13)14/h4-7,9H,3,8H2,1-2H3. The number of hydrogen-bond acceptors (Lipinski definition) is 2. The SMILES string of the molecule is CCC(C)c1ccc(OCC(=O)Cl)cc1. The number of carbonyl (C=O) groups is 1. The number of hydrogen-bond donors (Lipinski definition) is 0. The second-order valence-electron chi connectivity index (χ2n) is 3.52. The van der Waals surface area contributed by atoms with E-state index in [1.807, 2.05) is 24.3 Å². The van der Waals surface area contributed by atoms with Gasteiger partial charge in [0.05, 0.1) is 0 Å². The molecule has 0 saturated heterocycles. The van der Waals surface area contributed by atoms with Gasteiger partial charge in [-0.2, -0.15) is 0 Å². The lowest BCUT2D eigenvalue weighted by Gasteiger charge is -2.09. The van der Waals surface area contributed by atoms with Crippen LogP contribution in [-0.4, -0.2) is 11.8 Å². The smallest absolute Gasteiger partial charge is 0.259 e. The second kappa shape index (κ2) is 5.76. The largest absolute Gasteiger partial charge is 0.484 e. The van der Waals surface area contributed by atoms with Crippen LogP contribution in [0.1, 0.15) is 31.7 Å². The third-order valence-corrected chi connectivity index (χ3v) is 2.52. The van der Waals surface area contributed by atoms with Crippen LogP contribution in [0.4, 0.5) is 0 Å². The molecule has 0 spiro atoms. The zero-order valence-corrected chi connectivity index (χ0v) is 9.75. The summed E-state index contributed by atoms with van der Waals surface area (Å²) in [6.07, 6.45) is 1.11. The van der Waals surface area contributed by atoms with Gasteiger partial charge in [-0.1, -0.05) is 26.0 Å². The Balaban J connectivity index is 2.60. The summed E-state index contributed by atoms with van der Waals surface area (Å²) in [5.74, 6) is 1.23. The Labute approximate surface area is 95.2 Å². The van der Waals surface area contributed by atoms with Crippen molar-refractivity contribution in [2.24, 2.45) is 0 Å². The van der Waals surface area contributed by atoms with Gasteiger partial charge in [0.25, 0.3) is 5.24 Å². The van der Waals surface area contributed by atoms with Gasteiger partial charge in [-0.3, -0.25) is 4.79 Å². The van der Waals surface area contributed by atoms with E-state index in [1.54, 1.807) is 0 Å². The molecule has 1 unspecified atom stereocenters. The van der Waals surface area contributed by atoms with Crippen molar-refractivity contribution in [1.82, 2.24) is 0 Å². The Morgan fingerprint density at radius 3 is 2.47 bits per heavy atom. The monoisotopic (exact) mass is 226 g/mol. The van der Waals surface area contributed by atoms with Gasteiger partial charge in [0, 0.05) is 0 Å². The van der Waals surface area contributed by atoms with Crippen LogP contribution in [0.25, 0.3) is 0 Å². The maximum atomic E-state index is 10.5. The van der Waals surface area contributed by atoms with Crippen molar-refractivity contribution in [3.05, 3.63) is 29.8 Å². The number of benzene rings is 1. The Morgan fingerprint density at radius 2 is 2.00 bits per heavy atom. The highest BCUT2D eigenvalue weighted by molar-refractivity contribution is 6.63. The van der Waals surface area contributed by atoms with Crippen LogP contribution in [0.2, 0.25) is 0 Å². The van der Waals surface area contributed by atoms with E-state index in [0.717, 1.165) is 6.42 Å². The van der Waals surface area contributed by atoms with Gasteiger partial charge in [-0.25, -0.2) is 0 Å². The summed E-state index contributed by atoms with van der Waals surface area (Å²) < 4.78 is 5.15. The molecule has 0 aliphatic heterocycles. The molecule has 1 rings (SSSR count). The molecule has 1 aromatic rings. The number of rotatable bonds is 5. The zero-order chi connectivity index (χ0) is 11.3. The summed E-state index contributed by atoms with van der Waals surface area (Å²) in [5, 5.41) is -0.485. The highest BCUT2D eigenvalue weighted by Crippen LogP contribution is 2.21. The van der Waals surface area contributed by atoms with Crippen LogP contribution in [0.15, 0.2) is 24.3 Å². The molecule has 0 aromatic heterocycles. The van der Waals surface area contributed by atoms with E-state index in [2.05, 4.69) is 13.8 Å². The summed E-state index contributed by atoms with van der Waals surface area (Å²) in [5.41, 5.74) is 1.28. The Hall–Kier alpha value is -1.02. The molecule has 0 aliphatic carbocycles. The van der Waals surface area contributed by atoms with E-state index >= 15 is 0 Å². The van der Waals surface area contributed by atoms with Gasteiger partial charge in [-0.15, -0.1) is 0 Å². The van der Waals surface area contributed by atoms with Crippen molar-refractivity contribution in [3.63, 3.8) is 0 Å². The van der Waals surface area contributed by atoms with E-state index < -0.39 is 5.24 Å². The highest BCUT2D eigenvalue weighted by atomic mass is 35.5. The fraction of sp³-hybridized carbons (Fsp3) is 0.417. The molecule has 0 N–H and O–H groups in total. The lowest BCUT2D eigenvalue weighted by molar-refractivity contribution is -0.113. The lowest BCUT2D eigenvalue weighted by Crippen LogP contribution is -2.04. The molecule has 0 fully saturated rings. The fourth-order valence-electron chi connectivity index (χ4n) is 1.27. The molecule has 1 aromatic carbocycles. The molecule has 15 heavy (non-hydrogen) atoms. The van der Waals surface area contributed by atoms with Crippen LogP contribution >= 0.6 is 11.6 Å². The summed E-state index contributed by atoms with van der Waals surface area (Å²) in [4.78, 5) is 10.5. The van der Waals surface area contributed by atoms with Gasteiger partial charge in [0.2, 0.25) is 0 Å². The number of ether oxygens (including phenoxy) is 1. The van der Waals surface area contributed by atoms with Crippen LogP contribution in [-0.2, 0) is 4.79 Å². The van der Waals surface area contributed by atoms with E-state index in [0.29, 0.717) is 11.7 Å². The summed E-state index contributed by atoms with van der Waals surface area (Å²) in [7, 11) is 0. The third-order valence-electron chi connectivity index (χ3n) is 2.41. The van der Waals surface area contributed by atoms with E-state index in [1.165, 1.54) is 5.56 Å². The number of carbonyl (C=O) groups excluding carboxylic acids is 1. The van der Waals surface area contributed by atoms with Gasteiger partial charge in [0.1, 0.15) is 5.75 Å². The maximum absolute atomic E-state index is 10.5. The van der Waals surface area contributed by atoms with Gasteiger partial charge < -0.3 is 4.74 Å². The molecule has 2 nitrogen and oxygen atoms in total. The molecular formula is C12H15ClO2. The number of halogens is 1. The van der Waals surface area contributed by atoms with Gasteiger partial charge in [-0.05, 0) is 41.6 Å². The topological polar surface area (TPSA) is 26.3 Å². The van der Waals surface area contributed by atoms with Crippen LogP contribution in [0.3, 0.4) is 0 Å². The van der Waals surface area contributed by atoms with Crippen LogP contribution < -0.4 is 4.74 Å². The molecule has 3 heteroatoms. The molecule has 0 saturated carbocycles. The van der Waals surface area contributed by atoms with Crippen LogP contribution in [0, 0.1) is 0 Å². The van der Waals surface area contributed by atoms with Crippen molar-refractivity contribution in [2.45, 2.75) is 26.2 Å². The van der Waals surface area contributed by atoms with E-state index in [-0.39, 0.29) is 6.61 Å². The normalized spacial score (nSPS) is 12.2. The quantitative estimate of drug-likeness (QED) is 0.720. The summed E-state index contributed by atoms with van der Waals surface area (Å²) >= 11 is 5.17. The Kier molecular flexibility index (Phi) is 4.63. The molecule has 0 radical (unpaired) electrons. The van der Waals surface area contributed by atoms with Crippen molar-refractivity contribution in [3.8, 4) is 5.75 Å². The minimum atomic E-state index is -0.485. The summed E-state index contributed by atoms with van der Waals surface area (Å²) in [6.45, 7) is 4.25. The molecule has 0 bridgehead atoms. The minimum Gasteiger partial charge on any atom is -0.484 e. The first-order valence-corrected chi connectivity index (χ1v) is 5.42. The molecule has 0 aliphatic rings. The minimum absolute atomic E-state index is 0.0791. The Bertz CT molecular complexity index is 319. The second-order valence-corrected chi connectivity index (χ2v) is 3.94. The molecule has 0 amide bonds. The average Bonchev–Trinajstić information content (AvgIpc) is 2.26. The predicted octanol–water partition coefficient (Wildman–Crippen LogP) is 3.34. The van der Waals surface area contributed by atoms with Gasteiger partial charge >= 0.3 is 0 Å². The van der Waals surface area contributed by atoms with Crippen molar-refractivity contribution < 1.29 is 9.53 Å². The molecule has 0 heterocycles. The first-order chi connectivity index (χ1) is 7.13. The lowest BCUT2D eigenvalue weighted by atomic mass is 9.99. The third kappa shape index (κ3) is 3.92. The maximum Gasteiger partial charge on any atom is 0.259 e. The predicted molar refractivity (Wildman–Crippen MR) is 61.5 cm³/mol. The zero-order valence-electron chi connectivity index (χ0n) is 9.00. The molecular weight excluding hydrogens is 212 g/mol. The Morgan fingerprint density at radius 1 is 1.40 bits per heavy atom. The molecule has 82 valence electrons. The van der Waals surface area contributed by atoms with Crippen LogP contribution in [0.5, 0.6) is 5.75 Å². The van der Waals surface area contributed by atoms with E-state index in [9.17, 15) is 4.79 Å². The highest BCUT2D eigenvalue weighted by Gasteiger charge is 2.03. The van der Waals surface area contributed by atoms with Crippen molar-refractivity contribution in [2.75, 3.05) is 6.61 Å². The average molecular weight is 227 g/mol. The summed E-state index contributed by atoms with van der Waals surface area (Å²) in [6, 6.07) is 7.76. The molecule has 1 atom stereocenters. The van der Waals surface area contributed by atoms with Crippen molar-refractivity contribution >= 4 is 16.8 Å². The van der Waals surface area contributed by atoms with E-state index in [4.69, 9.17) is 16.3 Å². The first kappa shape index (κ1) is 12.1. The first-order valence-electron chi connectivity index (χ1n) is 5.04. The van der Waals surface area contributed by atoms with Gasteiger partial charge in [0.15, 0.2) is 6.61 Å².